The minimum absolute atomic E-state index is 0.0175. The van der Waals surface area contributed by atoms with Gasteiger partial charge in [-0.05, 0) is 12.8 Å². The predicted octanol–water partition coefficient (Wildman–Crippen LogP) is 1.55. The second-order valence-electron chi connectivity index (χ2n) is 2.86. The monoisotopic (exact) mass is 174 g/mol. The van der Waals surface area contributed by atoms with E-state index in [0.29, 0.717) is 12.8 Å². The fourth-order valence-electron chi connectivity index (χ4n) is 1.42. The summed E-state index contributed by atoms with van der Waals surface area (Å²) in [4.78, 5) is 22.1. The summed E-state index contributed by atoms with van der Waals surface area (Å²) in [5.74, 6) is -0.407. The third-order valence-electron chi connectivity index (χ3n) is 2.07. The van der Waals surface area contributed by atoms with Gasteiger partial charge in [-0.1, -0.05) is 6.42 Å². The topological polar surface area (TPSA) is 34.1 Å². The standard InChI is InChI=1S/C8H11ClO2/c9-5-8(11)6-3-1-2-4-7(6)10/h6H,1-5H2. The van der Waals surface area contributed by atoms with Gasteiger partial charge in [0.05, 0.1) is 11.8 Å². The van der Waals surface area contributed by atoms with Gasteiger partial charge in [0, 0.05) is 6.42 Å². The third-order valence-corrected chi connectivity index (χ3v) is 2.34. The molecule has 1 aliphatic rings. The van der Waals surface area contributed by atoms with Crippen LogP contribution >= 0.6 is 11.6 Å². The first-order valence-electron chi connectivity index (χ1n) is 3.87. The molecule has 1 rings (SSSR count). The van der Waals surface area contributed by atoms with Crippen LogP contribution in [-0.2, 0) is 9.59 Å². The largest absolute Gasteiger partial charge is 0.299 e. The van der Waals surface area contributed by atoms with E-state index in [1.165, 1.54) is 0 Å². The minimum atomic E-state index is -0.374. The average Bonchev–Trinajstić information content (AvgIpc) is 2.04. The molecule has 1 aliphatic carbocycles. The molecule has 0 saturated heterocycles. The van der Waals surface area contributed by atoms with E-state index < -0.39 is 0 Å². The number of ketones is 2. The molecule has 62 valence electrons. The van der Waals surface area contributed by atoms with Crippen LogP contribution in [0.2, 0.25) is 0 Å². The highest BCUT2D eigenvalue weighted by Crippen LogP contribution is 2.21. The number of Topliss-reactive ketones (excluding diaryl/α,β-unsaturated/α-hetero) is 2. The molecule has 3 heteroatoms. The Labute approximate surface area is 70.9 Å². The van der Waals surface area contributed by atoms with Crippen LogP contribution in [0, 0.1) is 5.92 Å². The van der Waals surface area contributed by atoms with Crippen molar-refractivity contribution in [1.82, 2.24) is 0 Å². The van der Waals surface area contributed by atoms with E-state index in [0.717, 1.165) is 12.8 Å². The molecule has 1 atom stereocenters. The van der Waals surface area contributed by atoms with Crippen molar-refractivity contribution in [2.75, 3.05) is 5.88 Å². The lowest BCUT2D eigenvalue weighted by Crippen LogP contribution is -2.27. The third kappa shape index (κ3) is 2.03. The van der Waals surface area contributed by atoms with Crippen LogP contribution in [0.15, 0.2) is 0 Å². The summed E-state index contributed by atoms with van der Waals surface area (Å²) < 4.78 is 0. The zero-order chi connectivity index (χ0) is 8.27. The van der Waals surface area contributed by atoms with Gasteiger partial charge >= 0.3 is 0 Å². The molecule has 0 N–H and O–H groups in total. The zero-order valence-corrected chi connectivity index (χ0v) is 7.06. The smallest absolute Gasteiger partial charge is 0.158 e. The van der Waals surface area contributed by atoms with Gasteiger partial charge in [0.25, 0.3) is 0 Å². The van der Waals surface area contributed by atoms with Crippen LogP contribution in [0.4, 0.5) is 0 Å². The van der Waals surface area contributed by atoms with Gasteiger partial charge in [-0.25, -0.2) is 0 Å². The number of carbonyl (C=O) groups excluding carboxylic acids is 2. The maximum atomic E-state index is 11.1. The van der Waals surface area contributed by atoms with Crippen LogP contribution in [0.1, 0.15) is 25.7 Å². The van der Waals surface area contributed by atoms with Crippen molar-refractivity contribution in [3.05, 3.63) is 0 Å². The Morgan fingerprint density at radius 1 is 1.55 bits per heavy atom. The molecule has 11 heavy (non-hydrogen) atoms. The lowest BCUT2D eigenvalue weighted by atomic mass is 9.85. The van der Waals surface area contributed by atoms with E-state index >= 15 is 0 Å². The second kappa shape index (κ2) is 3.86. The average molecular weight is 175 g/mol. The first-order valence-corrected chi connectivity index (χ1v) is 4.40. The summed E-state index contributed by atoms with van der Waals surface area (Å²) in [6.07, 6.45) is 3.20. The number of alkyl halides is 1. The maximum absolute atomic E-state index is 11.1. The molecule has 0 amide bonds. The van der Waals surface area contributed by atoms with Gasteiger partial charge in [0.2, 0.25) is 0 Å². The summed E-state index contributed by atoms with van der Waals surface area (Å²) >= 11 is 5.35. The van der Waals surface area contributed by atoms with Crippen LogP contribution < -0.4 is 0 Å². The molecule has 0 aliphatic heterocycles. The lowest BCUT2D eigenvalue weighted by Gasteiger charge is -2.17. The highest BCUT2D eigenvalue weighted by molar-refractivity contribution is 6.29. The molecule has 2 nitrogen and oxygen atoms in total. The van der Waals surface area contributed by atoms with Crippen LogP contribution in [0.25, 0.3) is 0 Å². The van der Waals surface area contributed by atoms with Gasteiger partial charge in [-0.2, -0.15) is 0 Å². The van der Waals surface area contributed by atoms with Crippen LogP contribution in [0.3, 0.4) is 0 Å². The van der Waals surface area contributed by atoms with E-state index in [9.17, 15) is 9.59 Å². The van der Waals surface area contributed by atoms with Crippen molar-refractivity contribution in [1.29, 1.82) is 0 Å². The van der Waals surface area contributed by atoms with Gasteiger partial charge < -0.3 is 0 Å². The number of halogens is 1. The van der Waals surface area contributed by atoms with Gasteiger partial charge in [-0.15, -0.1) is 11.6 Å². The van der Waals surface area contributed by atoms with Crippen LogP contribution in [0.5, 0.6) is 0 Å². The van der Waals surface area contributed by atoms with Gasteiger partial charge in [0.15, 0.2) is 5.78 Å². The summed E-state index contributed by atoms with van der Waals surface area (Å²) in [6, 6.07) is 0. The molecule has 0 radical (unpaired) electrons. The molecule has 0 aromatic carbocycles. The molecule has 0 bridgehead atoms. The van der Waals surface area contributed by atoms with Crippen molar-refractivity contribution in [2.24, 2.45) is 5.92 Å². The van der Waals surface area contributed by atoms with E-state index in [-0.39, 0.29) is 23.4 Å². The summed E-state index contributed by atoms with van der Waals surface area (Å²) in [7, 11) is 0. The van der Waals surface area contributed by atoms with Gasteiger partial charge in [0.1, 0.15) is 5.78 Å². The first-order chi connectivity index (χ1) is 5.25. The van der Waals surface area contributed by atoms with E-state index in [1.807, 2.05) is 0 Å². The Balaban J connectivity index is 2.54. The first kappa shape index (κ1) is 8.72. The Hall–Kier alpha value is -0.370. The molecular formula is C8H11ClO2. The molecule has 1 fully saturated rings. The molecule has 0 heterocycles. The van der Waals surface area contributed by atoms with E-state index in [2.05, 4.69) is 0 Å². The second-order valence-corrected chi connectivity index (χ2v) is 3.13. The van der Waals surface area contributed by atoms with E-state index in [4.69, 9.17) is 11.6 Å². The lowest BCUT2D eigenvalue weighted by molar-refractivity contribution is -0.133. The van der Waals surface area contributed by atoms with E-state index in [1.54, 1.807) is 0 Å². The Kier molecular flexibility index (Phi) is 3.06. The SMILES string of the molecule is O=C(CCl)C1CCCCC1=O. The number of carbonyl (C=O) groups is 2. The molecule has 0 spiro atoms. The fraction of sp³-hybridized carbons (Fsp3) is 0.750. The van der Waals surface area contributed by atoms with Crippen molar-refractivity contribution in [3.8, 4) is 0 Å². The minimum Gasteiger partial charge on any atom is -0.299 e. The summed E-state index contributed by atoms with van der Waals surface area (Å²) in [5.41, 5.74) is 0. The predicted molar refractivity (Wildman–Crippen MR) is 42.7 cm³/mol. The summed E-state index contributed by atoms with van der Waals surface area (Å²) in [6.45, 7) is 0. The van der Waals surface area contributed by atoms with Crippen molar-refractivity contribution in [3.63, 3.8) is 0 Å². The highest BCUT2D eigenvalue weighted by Gasteiger charge is 2.27. The zero-order valence-electron chi connectivity index (χ0n) is 6.31. The highest BCUT2D eigenvalue weighted by atomic mass is 35.5. The fourth-order valence-corrected chi connectivity index (χ4v) is 1.60. The van der Waals surface area contributed by atoms with Crippen LogP contribution in [-0.4, -0.2) is 17.4 Å². The molecular weight excluding hydrogens is 164 g/mol. The number of rotatable bonds is 2. The summed E-state index contributed by atoms with van der Waals surface area (Å²) in [5, 5.41) is 0. The number of hydrogen-bond acceptors (Lipinski definition) is 2. The molecule has 0 aromatic heterocycles. The Bertz CT molecular complexity index is 169. The Morgan fingerprint density at radius 3 is 2.82 bits per heavy atom. The molecule has 1 saturated carbocycles. The van der Waals surface area contributed by atoms with Crippen molar-refractivity contribution in [2.45, 2.75) is 25.7 Å². The quantitative estimate of drug-likeness (QED) is 0.470. The maximum Gasteiger partial charge on any atom is 0.158 e. The molecule has 1 unspecified atom stereocenters. The van der Waals surface area contributed by atoms with Gasteiger partial charge in [-0.3, -0.25) is 9.59 Å². The van der Waals surface area contributed by atoms with Crippen molar-refractivity contribution < 1.29 is 9.59 Å². The number of hydrogen-bond donors (Lipinski definition) is 0. The normalized spacial score (nSPS) is 25.2. The Morgan fingerprint density at radius 2 is 2.27 bits per heavy atom. The van der Waals surface area contributed by atoms with Crippen molar-refractivity contribution >= 4 is 23.2 Å². The molecule has 0 aromatic rings.